The van der Waals surface area contributed by atoms with Gasteiger partial charge in [-0.25, -0.2) is 0 Å². The molecule has 2 aliphatic rings. The minimum absolute atomic E-state index is 0.605. The van der Waals surface area contributed by atoms with Crippen molar-refractivity contribution in [2.45, 2.75) is 5.32 Å². The summed E-state index contributed by atoms with van der Waals surface area (Å²) in [6, 6.07) is 12.8. The SMILES string of the molecule is C1=c2ccc3c(c2[Se]C1)-c1ccccc1N=3. The molecule has 0 aliphatic carbocycles. The van der Waals surface area contributed by atoms with Crippen LogP contribution < -0.4 is 15.0 Å². The summed E-state index contributed by atoms with van der Waals surface area (Å²) in [5.41, 5.74) is 3.86. The van der Waals surface area contributed by atoms with E-state index in [4.69, 9.17) is 0 Å². The Bertz CT molecular complexity index is 716. The third-order valence-electron chi connectivity index (χ3n) is 3.11. The maximum absolute atomic E-state index is 4.69. The first-order valence-electron chi connectivity index (χ1n) is 5.37. The van der Waals surface area contributed by atoms with Crippen molar-refractivity contribution in [3.8, 4) is 11.1 Å². The molecule has 0 amide bonds. The summed E-state index contributed by atoms with van der Waals surface area (Å²) in [5.74, 6) is 0. The zero-order valence-electron chi connectivity index (χ0n) is 8.60. The van der Waals surface area contributed by atoms with E-state index in [1.54, 1.807) is 4.46 Å². The summed E-state index contributed by atoms with van der Waals surface area (Å²) in [4.78, 5) is 4.69. The van der Waals surface area contributed by atoms with E-state index in [1.165, 1.54) is 21.7 Å². The average Bonchev–Trinajstić information content (AvgIpc) is 2.91. The molecule has 0 unspecified atom stereocenters. The quantitative estimate of drug-likeness (QED) is 0.544. The molecular formula is C14H9NSe. The number of fused-ring (bicyclic) bond motifs is 5. The molecule has 1 nitrogen and oxygen atoms in total. The molecule has 0 saturated carbocycles. The van der Waals surface area contributed by atoms with Crippen molar-refractivity contribution in [2.24, 2.45) is 4.99 Å². The first-order valence-corrected chi connectivity index (χ1v) is 7.44. The number of rotatable bonds is 0. The Morgan fingerprint density at radius 3 is 3.00 bits per heavy atom. The summed E-state index contributed by atoms with van der Waals surface area (Å²) in [5, 5.41) is 3.84. The van der Waals surface area contributed by atoms with Crippen LogP contribution in [0, 0.1) is 0 Å². The van der Waals surface area contributed by atoms with Crippen molar-refractivity contribution < 1.29 is 0 Å². The van der Waals surface area contributed by atoms with Gasteiger partial charge >= 0.3 is 99.6 Å². The Balaban J connectivity index is 2.18. The van der Waals surface area contributed by atoms with Gasteiger partial charge in [0.05, 0.1) is 0 Å². The molecule has 2 aromatic carbocycles. The molecule has 0 atom stereocenters. The van der Waals surface area contributed by atoms with Gasteiger partial charge in [-0.1, -0.05) is 0 Å². The van der Waals surface area contributed by atoms with E-state index in [9.17, 15) is 0 Å². The summed E-state index contributed by atoms with van der Waals surface area (Å²) >= 11 is 0.605. The van der Waals surface area contributed by atoms with Crippen molar-refractivity contribution in [2.75, 3.05) is 0 Å². The second-order valence-corrected chi connectivity index (χ2v) is 6.18. The van der Waals surface area contributed by atoms with Gasteiger partial charge < -0.3 is 0 Å². The fraction of sp³-hybridized carbons (Fsp3) is 0.0714. The van der Waals surface area contributed by atoms with Crippen LogP contribution in [0.2, 0.25) is 5.32 Å². The van der Waals surface area contributed by atoms with E-state index >= 15 is 0 Å². The topological polar surface area (TPSA) is 12.4 Å². The van der Waals surface area contributed by atoms with Crippen molar-refractivity contribution in [1.82, 2.24) is 0 Å². The molecular weight excluding hydrogens is 261 g/mol. The molecule has 0 saturated heterocycles. The maximum atomic E-state index is 4.69. The average molecular weight is 270 g/mol. The van der Waals surface area contributed by atoms with Gasteiger partial charge in [0.1, 0.15) is 0 Å². The third-order valence-corrected chi connectivity index (χ3v) is 5.34. The summed E-state index contributed by atoms with van der Waals surface area (Å²) in [6.45, 7) is 0. The Morgan fingerprint density at radius 2 is 2.00 bits per heavy atom. The molecule has 0 aromatic heterocycles. The zero-order chi connectivity index (χ0) is 10.5. The molecule has 76 valence electrons. The normalized spacial score (nSPS) is 14.8. The Kier molecular flexibility index (Phi) is 1.68. The second kappa shape index (κ2) is 3.07. The first kappa shape index (κ1) is 8.74. The number of hydrogen-bond donors (Lipinski definition) is 0. The minimum atomic E-state index is 0.605. The van der Waals surface area contributed by atoms with Crippen LogP contribution in [0.4, 0.5) is 5.69 Å². The van der Waals surface area contributed by atoms with E-state index in [2.05, 4.69) is 47.5 Å². The van der Waals surface area contributed by atoms with Crippen LogP contribution in [0.3, 0.4) is 0 Å². The van der Waals surface area contributed by atoms with Crippen molar-refractivity contribution >= 4 is 31.2 Å². The predicted molar refractivity (Wildman–Crippen MR) is 67.0 cm³/mol. The van der Waals surface area contributed by atoms with Crippen LogP contribution in [-0.2, 0) is 0 Å². The fourth-order valence-electron chi connectivity index (χ4n) is 2.39. The molecule has 2 aromatic rings. The Hall–Kier alpha value is -1.37. The summed E-state index contributed by atoms with van der Waals surface area (Å²) in [7, 11) is 0. The molecule has 0 N–H and O–H groups in total. The zero-order valence-corrected chi connectivity index (χ0v) is 10.3. The number of benzene rings is 2. The molecule has 0 spiro atoms. The van der Waals surface area contributed by atoms with E-state index < -0.39 is 0 Å². The van der Waals surface area contributed by atoms with Gasteiger partial charge in [0.2, 0.25) is 0 Å². The number of hydrogen-bond acceptors (Lipinski definition) is 1. The molecule has 2 heteroatoms. The first-order chi connectivity index (χ1) is 7.93. The van der Waals surface area contributed by atoms with Crippen molar-refractivity contribution in [3.05, 3.63) is 47.0 Å². The van der Waals surface area contributed by atoms with E-state index in [1.807, 2.05) is 0 Å². The predicted octanol–water partition coefficient (Wildman–Crippen LogP) is 1.16. The molecule has 2 heterocycles. The van der Waals surface area contributed by atoms with Gasteiger partial charge in [-0.05, 0) is 0 Å². The molecule has 0 radical (unpaired) electrons. The van der Waals surface area contributed by atoms with Gasteiger partial charge in [-0.2, -0.15) is 0 Å². The van der Waals surface area contributed by atoms with Gasteiger partial charge in [0, 0.05) is 0 Å². The van der Waals surface area contributed by atoms with Crippen LogP contribution in [-0.4, -0.2) is 15.0 Å². The molecule has 0 fully saturated rings. The van der Waals surface area contributed by atoms with Crippen LogP contribution in [0.5, 0.6) is 0 Å². The monoisotopic (exact) mass is 271 g/mol. The van der Waals surface area contributed by atoms with Crippen LogP contribution in [0.15, 0.2) is 41.4 Å². The number of nitrogens with zero attached hydrogens (tertiary/aromatic N) is 1. The molecule has 2 aliphatic heterocycles. The van der Waals surface area contributed by atoms with E-state index in [0.717, 1.165) is 11.0 Å². The van der Waals surface area contributed by atoms with Crippen LogP contribution >= 0.6 is 0 Å². The van der Waals surface area contributed by atoms with E-state index in [-0.39, 0.29) is 0 Å². The molecule has 16 heavy (non-hydrogen) atoms. The second-order valence-electron chi connectivity index (χ2n) is 4.02. The van der Waals surface area contributed by atoms with E-state index in [0.29, 0.717) is 15.0 Å². The van der Waals surface area contributed by atoms with Gasteiger partial charge in [-0.3, -0.25) is 0 Å². The van der Waals surface area contributed by atoms with Crippen LogP contribution in [0.1, 0.15) is 0 Å². The molecule has 4 rings (SSSR count). The van der Waals surface area contributed by atoms with Crippen molar-refractivity contribution in [3.63, 3.8) is 0 Å². The third kappa shape index (κ3) is 1.03. The van der Waals surface area contributed by atoms with Crippen molar-refractivity contribution in [1.29, 1.82) is 0 Å². The Morgan fingerprint density at radius 1 is 1.06 bits per heavy atom. The Labute approximate surface area is 99.7 Å². The van der Waals surface area contributed by atoms with Gasteiger partial charge in [-0.15, -0.1) is 0 Å². The van der Waals surface area contributed by atoms with Crippen LogP contribution in [0.25, 0.3) is 17.2 Å². The summed E-state index contributed by atoms with van der Waals surface area (Å²) in [6.07, 6.45) is 2.36. The van der Waals surface area contributed by atoms with Gasteiger partial charge in [0.25, 0.3) is 0 Å². The standard InChI is InChI=1S/C14H9NSe/c1-2-4-11-10(3-1)13-12(15-11)6-5-9-7-8-16-14(9)13/h1-7H,8H2. The molecule has 0 bridgehead atoms. The van der Waals surface area contributed by atoms with Gasteiger partial charge in [0.15, 0.2) is 0 Å². The fourth-order valence-corrected chi connectivity index (χ4v) is 4.71. The number of para-hydroxylation sites is 1. The summed E-state index contributed by atoms with van der Waals surface area (Å²) < 4.78 is 1.55.